The molecule has 0 aliphatic heterocycles. The fourth-order valence-electron chi connectivity index (χ4n) is 1.07. The highest BCUT2D eigenvalue weighted by molar-refractivity contribution is 5.86. The van der Waals surface area contributed by atoms with Gasteiger partial charge in [-0.15, -0.1) is 0 Å². The summed E-state index contributed by atoms with van der Waals surface area (Å²) in [5.41, 5.74) is 5.70. The second kappa shape index (κ2) is 4.45. The first-order valence-electron chi connectivity index (χ1n) is 4.39. The number of carbonyl (C=O) groups is 1. The maximum absolute atomic E-state index is 10.7. The maximum Gasteiger partial charge on any atom is 0.354 e. The van der Waals surface area contributed by atoms with Crippen molar-refractivity contribution in [1.29, 1.82) is 0 Å². The van der Waals surface area contributed by atoms with Gasteiger partial charge in [0.05, 0.1) is 0 Å². The number of rotatable bonds is 4. The van der Waals surface area contributed by atoms with Gasteiger partial charge in [0.1, 0.15) is 11.5 Å². The molecule has 0 unspecified atom stereocenters. The van der Waals surface area contributed by atoms with Gasteiger partial charge in [0.25, 0.3) is 0 Å². The quantitative estimate of drug-likeness (QED) is 0.557. The zero-order chi connectivity index (χ0) is 10.6. The lowest BCUT2D eigenvalue weighted by molar-refractivity contribution is 0.0686. The van der Waals surface area contributed by atoms with E-state index in [1.807, 2.05) is 6.92 Å². The summed E-state index contributed by atoms with van der Waals surface area (Å²) in [5, 5.41) is 12.7. The second-order valence-corrected chi connectivity index (χ2v) is 2.88. The molecule has 0 spiro atoms. The summed E-state index contributed by atoms with van der Waals surface area (Å²) in [6.45, 7) is 1.98. The zero-order valence-electron chi connectivity index (χ0n) is 7.97. The van der Waals surface area contributed by atoms with Gasteiger partial charge in [0.15, 0.2) is 0 Å². The molecule has 0 fully saturated rings. The molecule has 0 aliphatic carbocycles. The summed E-state index contributed by atoms with van der Waals surface area (Å²) >= 11 is 0. The smallest absolute Gasteiger partial charge is 0.354 e. The number of aromatic nitrogens is 1. The van der Waals surface area contributed by atoms with Crippen LogP contribution in [0.4, 0.5) is 0 Å². The van der Waals surface area contributed by atoms with Crippen LogP contribution in [-0.2, 0) is 0 Å². The molecule has 14 heavy (non-hydrogen) atoms. The third kappa shape index (κ3) is 2.35. The predicted octanol–water partition coefficient (Wildman–Crippen LogP) is 1.11. The van der Waals surface area contributed by atoms with E-state index in [0.29, 0.717) is 12.3 Å². The number of carboxylic acid groups (broad SMARTS) is 1. The molecule has 0 bridgehead atoms. The Kier molecular flexibility index (Phi) is 3.28. The first kappa shape index (κ1) is 10.3. The first-order chi connectivity index (χ1) is 6.65. The fraction of sp³-hybridized carbons (Fsp3) is 0.333. The number of amidine groups is 1. The molecule has 0 atom stereocenters. The van der Waals surface area contributed by atoms with Gasteiger partial charge in [-0.2, -0.15) is 5.10 Å². The van der Waals surface area contributed by atoms with Gasteiger partial charge in [-0.1, -0.05) is 6.92 Å². The lowest BCUT2D eigenvalue weighted by Crippen LogP contribution is -2.14. The molecular formula is C9H13N3O2. The SMILES string of the molecule is CCC/C(N)=N/n1cccc1C(=O)O. The van der Waals surface area contributed by atoms with Gasteiger partial charge in [-0.3, -0.25) is 0 Å². The van der Waals surface area contributed by atoms with E-state index >= 15 is 0 Å². The van der Waals surface area contributed by atoms with E-state index in [0.717, 1.165) is 6.42 Å². The molecule has 0 radical (unpaired) electrons. The van der Waals surface area contributed by atoms with E-state index in [-0.39, 0.29) is 5.69 Å². The highest BCUT2D eigenvalue weighted by atomic mass is 16.4. The third-order valence-electron chi connectivity index (χ3n) is 1.69. The van der Waals surface area contributed by atoms with Gasteiger partial charge in [0, 0.05) is 12.6 Å². The van der Waals surface area contributed by atoms with Crippen LogP contribution in [0, 0.1) is 0 Å². The van der Waals surface area contributed by atoms with Crippen LogP contribution < -0.4 is 5.73 Å². The number of nitrogens with two attached hydrogens (primary N) is 1. The molecule has 0 amide bonds. The Hall–Kier alpha value is -1.78. The van der Waals surface area contributed by atoms with Gasteiger partial charge >= 0.3 is 5.97 Å². The van der Waals surface area contributed by atoms with Gasteiger partial charge in [-0.25, -0.2) is 9.47 Å². The van der Waals surface area contributed by atoms with Gasteiger partial charge in [-0.05, 0) is 18.6 Å². The number of hydrogen-bond acceptors (Lipinski definition) is 2. The minimum atomic E-state index is -1.01. The monoisotopic (exact) mass is 195 g/mol. The Morgan fingerprint density at radius 2 is 2.43 bits per heavy atom. The van der Waals surface area contributed by atoms with Crippen LogP contribution in [0.15, 0.2) is 23.4 Å². The molecule has 1 rings (SSSR count). The van der Waals surface area contributed by atoms with E-state index in [1.165, 1.54) is 10.7 Å². The van der Waals surface area contributed by atoms with Crippen molar-refractivity contribution >= 4 is 11.8 Å². The predicted molar refractivity (Wildman–Crippen MR) is 53.3 cm³/mol. The van der Waals surface area contributed by atoms with E-state index in [9.17, 15) is 4.79 Å². The Morgan fingerprint density at radius 1 is 1.71 bits per heavy atom. The standard InChI is InChI=1S/C9H13N3O2/c1-2-4-8(10)11-12-6-3-5-7(12)9(13)14/h3,5-6H,2,4H2,1H3,(H2,10,11)(H,13,14). The molecule has 1 aromatic heterocycles. The number of aromatic carboxylic acids is 1. The molecule has 1 heterocycles. The topological polar surface area (TPSA) is 80.6 Å². The summed E-state index contributed by atoms with van der Waals surface area (Å²) in [7, 11) is 0. The van der Waals surface area contributed by atoms with E-state index in [1.54, 1.807) is 12.3 Å². The molecule has 5 heteroatoms. The van der Waals surface area contributed by atoms with Crippen molar-refractivity contribution in [1.82, 2.24) is 4.68 Å². The van der Waals surface area contributed by atoms with Crippen molar-refractivity contribution < 1.29 is 9.90 Å². The van der Waals surface area contributed by atoms with Crippen LogP contribution in [0.1, 0.15) is 30.3 Å². The maximum atomic E-state index is 10.7. The van der Waals surface area contributed by atoms with Crippen LogP contribution in [-0.4, -0.2) is 21.6 Å². The van der Waals surface area contributed by atoms with Crippen molar-refractivity contribution in [3.8, 4) is 0 Å². The van der Waals surface area contributed by atoms with E-state index in [2.05, 4.69) is 5.10 Å². The molecular weight excluding hydrogens is 182 g/mol. The number of nitrogens with zero attached hydrogens (tertiary/aromatic N) is 2. The zero-order valence-corrected chi connectivity index (χ0v) is 7.97. The molecule has 5 nitrogen and oxygen atoms in total. The van der Waals surface area contributed by atoms with Crippen molar-refractivity contribution in [2.75, 3.05) is 0 Å². The Bertz CT molecular complexity index is 355. The minimum absolute atomic E-state index is 0.115. The first-order valence-corrected chi connectivity index (χ1v) is 4.39. The summed E-state index contributed by atoms with van der Waals surface area (Å²) in [4.78, 5) is 10.7. The fourth-order valence-corrected chi connectivity index (χ4v) is 1.07. The lowest BCUT2D eigenvalue weighted by atomic mass is 10.3. The highest BCUT2D eigenvalue weighted by Crippen LogP contribution is 2.02. The van der Waals surface area contributed by atoms with Crippen LogP contribution in [0.5, 0.6) is 0 Å². The Balaban J connectivity index is 2.90. The van der Waals surface area contributed by atoms with Crippen molar-refractivity contribution in [2.24, 2.45) is 10.8 Å². The Labute approximate surface area is 81.8 Å². The van der Waals surface area contributed by atoms with Crippen LogP contribution in [0.3, 0.4) is 0 Å². The van der Waals surface area contributed by atoms with E-state index < -0.39 is 5.97 Å². The van der Waals surface area contributed by atoms with Crippen LogP contribution in [0.2, 0.25) is 0 Å². The summed E-state index contributed by atoms with van der Waals surface area (Å²) in [5.74, 6) is -0.575. The van der Waals surface area contributed by atoms with Crippen molar-refractivity contribution in [2.45, 2.75) is 19.8 Å². The molecule has 0 aromatic carbocycles. The highest BCUT2D eigenvalue weighted by Gasteiger charge is 2.07. The number of hydrogen-bond donors (Lipinski definition) is 2. The second-order valence-electron chi connectivity index (χ2n) is 2.88. The molecule has 3 N–H and O–H groups in total. The van der Waals surface area contributed by atoms with Crippen molar-refractivity contribution in [3.05, 3.63) is 24.0 Å². The lowest BCUT2D eigenvalue weighted by Gasteiger charge is -2.00. The summed E-state index contributed by atoms with van der Waals surface area (Å²) in [6.07, 6.45) is 3.11. The summed E-state index contributed by atoms with van der Waals surface area (Å²) in [6, 6.07) is 3.09. The summed E-state index contributed by atoms with van der Waals surface area (Å²) < 4.78 is 1.27. The van der Waals surface area contributed by atoms with Gasteiger partial charge < -0.3 is 10.8 Å². The van der Waals surface area contributed by atoms with Crippen LogP contribution in [0.25, 0.3) is 0 Å². The largest absolute Gasteiger partial charge is 0.477 e. The minimum Gasteiger partial charge on any atom is -0.477 e. The average Bonchev–Trinajstić information content (AvgIpc) is 2.52. The van der Waals surface area contributed by atoms with E-state index in [4.69, 9.17) is 10.8 Å². The van der Waals surface area contributed by atoms with Crippen LogP contribution >= 0.6 is 0 Å². The molecule has 0 saturated carbocycles. The van der Waals surface area contributed by atoms with Gasteiger partial charge in [0.2, 0.25) is 0 Å². The molecule has 76 valence electrons. The Morgan fingerprint density at radius 3 is 3.00 bits per heavy atom. The molecule has 0 aliphatic rings. The van der Waals surface area contributed by atoms with Crippen molar-refractivity contribution in [3.63, 3.8) is 0 Å². The number of carboxylic acids is 1. The average molecular weight is 195 g/mol. The normalized spacial score (nSPS) is 11.6. The molecule has 1 aromatic rings. The third-order valence-corrected chi connectivity index (χ3v) is 1.69. The molecule has 0 saturated heterocycles.